The number of hydrogen-bond donors (Lipinski definition) is 1. The first-order valence-electron chi connectivity index (χ1n) is 11.6. The van der Waals surface area contributed by atoms with E-state index in [0.29, 0.717) is 44.4 Å². The molecule has 2 saturated heterocycles. The molecular weight excluding hydrogens is 434 g/mol. The van der Waals surface area contributed by atoms with Gasteiger partial charge in [0.25, 0.3) is 5.91 Å². The van der Waals surface area contributed by atoms with Crippen LogP contribution in [0.4, 0.5) is 5.95 Å². The van der Waals surface area contributed by atoms with Crippen LogP contribution in [-0.2, 0) is 4.74 Å². The van der Waals surface area contributed by atoms with Gasteiger partial charge in [-0.15, -0.1) is 0 Å². The Morgan fingerprint density at radius 2 is 1.85 bits per heavy atom. The van der Waals surface area contributed by atoms with E-state index < -0.39 is 0 Å². The van der Waals surface area contributed by atoms with Crippen LogP contribution < -0.4 is 4.90 Å². The van der Waals surface area contributed by atoms with Gasteiger partial charge in [0.2, 0.25) is 5.95 Å². The zero-order valence-corrected chi connectivity index (χ0v) is 19.1. The summed E-state index contributed by atoms with van der Waals surface area (Å²) in [6.07, 6.45) is 3.50. The molecule has 0 bridgehead atoms. The lowest BCUT2D eigenvalue weighted by atomic mass is 10.1. The molecule has 0 aliphatic carbocycles. The van der Waals surface area contributed by atoms with Gasteiger partial charge in [-0.25, -0.2) is 4.98 Å². The summed E-state index contributed by atoms with van der Waals surface area (Å²) in [4.78, 5) is 29.6. The van der Waals surface area contributed by atoms with E-state index >= 15 is 0 Å². The molecule has 3 aromatic heterocycles. The molecular formula is C23H27N9O2. The number of fused-ring (bicyclic) bond motifs is 2. The second-order valence-corrected chi connectivity index (χ2v) is 8.88. The number of aromatic nitrogens is 6. The number of carbonyl (C=O) groups excluding carboxylic acids is 1. The molecule has 0 saturated carbocycles. The number of nitrogens with one attached hydrogen (secondary N) is 1. The monoisotopic (exact) mass is 461 g/mol. The highest BCUT2D eigenvalue weighted by molar-refractivity contribution is 6.03. The first-order valence-corrected chi connectivity index (χ1v) is 11.6. The Kier molecular flexibility index (Phi) is 5.44. The zero-order chi connectivity index (χ0) is 23.1. The van der Waals surface area contributed by atoms with Crippen LogP contribution in [0.15, 0.2) is 30.6 Å². The van der Waals surface area contributed by atoms with Crippen molar-refractivity contribution >= 4 is 33.8 Å². The van der Waals surface area contributed by atoms with Crippen molar-refractivity contribution in [2.24, 2.45) is 0 Å². The Morgan fingerprint density at radius 1 is 1.03 bits per heavy atom. The molecule has 0 radical (unpaired) electrons. The Labute approximate surface area is 196 Å². The molecule has 0 unspecified atom stereocenters. The third-order valence-corrected chi connectivity index (χ3v) is 6.64. The molecule has 0 spiro atoms. The normalized spacial score (nSPS) is 18.2. The maximum atomic E-state index is 13.3. The van der Waals surface area contributed by atoms with Crippen LogP contribution in [0.3, 0.4) is 0 Å². The number of carbonyl (C=O) groups is 1. The molecule has 176 valence electrons. The standard InChI is InChI=1S/C23H27N9O2/c1-29-5-7-30(8-6-29)15-20(33)32-22-18(14-25-32)21(16-3-2-4-19-17(16)13-24-28-19)26-23(27-22)31-9-11-34-12-10-31/h2-4,13-14H,5-12,15H2,1H3,(H,24,28). The Hall–Kier alpha value is -3.41. The Balaban J connectivity index is 1.44. The highest BCUT2D eigenvalue weighted by Crippen LogP contribution is 2.33. The summed E-state index contributed by atoms with van der Waals surface area (Å²) in [5.74, 6) is 0.499. The van der Waals surface area contributed by atoms with Gasteiger partial charge in [-0.05, 0) is 13.1 Å². The summed E-state index contributed by atoms with van der Waals surface area (Å²) < 4.78 is 6.96. The van der Waals surface area contributed by atoms with Crippen molar-refractivity contribution in [1.82, 2.24) is 39.7 Å². The second kappa shape index (κ2) is 8.75. The first kappa shape index (κ1) is 21.1. The predicted molar refractivity (Wildman–Crippen MR) is 128 cm³/mol. The van der Waals surface area contributed by atoms with Gasteiger partial charge in [-0.2, -0.15) is 19.9 Å². The fourth-order valence-electron chi connectivity index (χ4n) is 4.63. The van der Waals surface area contributed by atoms with E-state index in [1.54, 1.807) is 12.4 Å². The first-order chi connectivity index (χ1) is 16.7. The molecule has 0 amide bonds. The third kappa shape index (κ3) is 3.81. The number of benzene rings is 1. The maximum Gasteiger partial charge on any atom is 0.263 e. The lowest BCUT2D eigenvalue weighted by molar-refractivity contribution is 0.0785. The van der Waals surface area contributed by atoms with Gasteiger partial charge in [0.15, 0.2) is 5.65 Å². The highest BCUT2D eigenvalue weighted by atomic mass is 16.5. The molecule has 2 aliphatic heterocycles. The summed E-state index contributed by atoms with van der Waals surface area (Å²) in [6, 6.07) is 5.98. The molecule has 11 heteroatoms. The van der Waals surface area contributed by atoms with Crippen LogP contribution in [0.25, 0.3) is 33.2 Å². The fraction of sp³-hybridized carbons (Fsp3) is 0.435. The molecule has 1 aromatic carbocycles. The smallest absolute Gasteiger partial charge is 0.263 e. The molecule has 5 heterocycles. The number of piperazine rings is 1. The van der Waals surface area contributed by atoms with Crippen molar-refractivity contribution in [2.75, 3.05) is 71.0 Å². The third-order valence-electron chi connectivity index (χ3n) is 6.64. The molecule has 34 heavy (non-hydrogen) atoms. The Morgan fingerprint density at radius 3 is 2.68 bits per heavy atom. The minimum atomic E-state index is -0.0846. The van der Waals surface area contributed by atoms with E-state index in [4.69, 9.17) is 14.7 Å². The number of ether oxygens (including phenoxy) is 1. The zero-order valence-electron chi connectivity index (χ0n) is 19.1. The van der Waals surface area contributed by atoms with Gasteiger partial charge >= 0.3 is 0 Å². The topological polar surface area (TPSA) is 108 Å². The molecule has 0 atom stereocenters. The van der Waals surface area contributed by atoms with Crippen LogP contribution in [0.5, 0.6) is 0 Å². The number of morpholine rings is 1. The van der Waals surface area contributed by atoms with Crippen LogP contribution in [0.2, 0.25) is 0 Å². The number of aromatic amines is 1. The lowest BCUT2D eigenvalue weighted by Crippen LogP contribution is -2.47. The SMILES string of the molecule is CN1CCN(CC(=O)n2ncc3c(-c4cccc5[nH]ncc45)nc(N4CCOCC4)nc32)CC1. The van der Waals surface area contributed by atoms with Crippen LogP contribution in [0.1, 0.15) is 4.79 Å². The second-order valence-electron chi connectivity index (χ2n) is 8.88. The van der Waals surface area contributed by atoms with Gasteiger partial charge in [0.05, 0.1) is 48.7 Å². The van der Waals surface area contributed by atoms with Gasteiger partial charge < -0.3 is 14.5 Å². The Bertz CT molecular complexity index is 1330. The van der Waals surface area contributed by atoms with Crippen molar-refractivity contribution in [2.45, 2.75) is 0 Å². The highest BCUT2D eigenvalue weighted by Gasteiger charge is 2.24. The van der Waals surface area contributed by atoms with E-state index in [0.717, 1.165) is 53.7 Å². The summed E-state index contributed by atoms with van der Waals surface area (Å²) in [7, 11) is 2.10. The van der Waals surface area contributed by atoms with Gasteiger partial charge in [-0.3, -0.25) is 14.8 Å². The number of hydrogen-bond acceptors (Lipinski definition) is 9. The molecule has 4 aromatic rings. The van der Waals surface area contributed by atoms with E-state index in [1.807, 2.05) is 18.2 Å². The minimum absolute atomic E-state index is 0.0846. The number of H-pyrrole nitrogens is 1. The summed E-state index contributed by atoms with van der Waals surface area (Å²) in [5.41, 5.74) is 3.14. The van der Waals surface area contributed by atoms with Crippen molar-refractivity contribution in [3.8, 4) is 11.3 Å². The summed E-state index contributed by atoms with van der Waals surface area (Å²) in [5, 5.41) is 13.4. The lowest BCUT2D eigenvalue weighted by Gasteiger charge is -2.31. The quantitative estimate of drug-likeness (QED) is 0.478. The van der Waals surface area contributed by atoms with Crippen molar-refractivity contribution in [3.05, 3.63) is 30.6 Å². The van der Waals surface area contributed by atoms with Crippen LogP contribution in [0, 0.1) is 0 Å². The van der Waals surface area contributed by atoms with Crippen LogP contribution in [-0.4, -0.2) is 112 Å². The number of rotatable bonds is 4. The predicted octanol–water partition coefficient (Wildman–Crippen LogP) is 1.09. The van der Waals surface area contributed by atoms with E-state index in [9.17, 15) is 4.79 Å². The van der Waals surface area contributed by atoms with Gasteiger partial charge in [0.1, 0.15) is 0 Å². The van der Waals surface area contributed by atoms with Crippen molar-refractivity contribution < 1.29 is 9.53 Å². The maximum absolute atomic E-state index is 13.3. The summed E-state index contributed by atoms with van der Waals surface area (Å²) >= 11 is 0. The molecule has 11 nitrogen and oxygen atoms in total. The van der Waals surface area contributed by atoms with E-state index in [1.165, 1.54) is 4.68 Å². The largest absolute Gasteiger partial charge is 0.378 e. The minimum Gasteiger partial charge on any atom is -0.378 e. The fourth-order valence-corrected chi connectivity index (χ4v) is 4.63. The molecule has 2 aliphatic rings. The van der Waals surface area contributed by atoms with Crippen molar-refractivity contribution in [3.63, 3.8) is 0 Å². The average Bonchev–Trinajstić information content (AvgIpc) is 3.52. The molecule has 2 fully saturated rings. The van der Waals surface area contributed by atoms with Gasteiger partial charge in [-0.1, -0.05) is 12.1 Å². The van der Waals surface area contributed by atoms with Gasteiger partial charge in [0, 0.05) is 50.2 Å². The average molecular weight is 462 g/mol. The molecule has 6 rings (SSSR count). The number of likely N-dealkylation sites (N-methyl/N-ethyl adjacent to an activating group) is 1. The van der Waals surface area contributed by atoms with Crippen molar-refractivity contribution in [1.29, 1.82) is 0 Å². The van der Waals surface area contributed by atoms with E-state index in [-0.39, 0.29) is 5.91 Å². The van der Waals surface area contributed by atoms with E-state index in [2.05, 4.69) is 37.0 Å². The van der Waals surface area contributed by atoms with Crippen LogP contribution >= 0.6 is 0 Å². The number of anilines is 1. The summed E-state index contributed by atoms with van der Waals surface area (Å²) in [6.45, 7) is 6.59. The molecule has 1 N–H and O–H groups in total. The number of nitrogens with zero attached hydrogens (tertiary/aromatic N) is 8.